The molecule has 3 saturated heterocycles. The molecular formula is C42H61N9O11. The van der Waals surface area contributed by atoms with Gasteiger partial charge in [0.1, 0.15) is 36.3 Å². The maximum atomic E-state index is 14.2. The van der Waals surface area contributed by atoms with Crippen molar-refractivity contribution in [2.45, 2.75) is 133 Å². The minimum Gasteiger partial charge on any atom is -0.480 e. The summed E-state index contributed by atoms with van der Waals surface area (Å²) in [6.45, 7) is 4.63. The van der Waals surface area contributed by atoms with Crippen molar-refractivity contribution in [1.29, 1.82) is 0 Å². The van der Waals surface area contributed by atoms with Crippen LogP contribution in [0.15, 0.2) is 30.3 Å². The Morgan fingerprint density at radius 1 is 0.774 bits per heavy atom. The Balaban J connectivity index is 1.50. The first-order valence-corrected chi connectivity index (χ1v) is 21.4. The van der Waals surface area contributed by atoms with Gasteiger partial charge in [0, 0.05) is 32.5 Å². The number of carbonyl (C=O) groups is 10. The smallest absolute Gasteiger partial charge is 0.326 e. The number of carboxylic acids is 1. The fraction of sp³-hybridized carbons (Fsp3) is 0.619. The van der Waals surface area contributed by atoms with E-state index < -0.39 is 95.5 Å². The van der Waals surface area contributed by atoms with E-state index in [-0.39, 0.29) is 83.2 Å². The number of aliphatic carboxylic acids is 1. The molecule has 0 saturated carbocycles. The molecule has 62 heavy (non-hydrogen) atoms. The van der Waals surface area contributed by atoms with Crippen molar-refractivity contribution in [3.8, 4) is 0 Å². The van der Waals surface area contributed by atoms with E-state index in [1.165, 1.54) is 9.80 Å². The minimum absolute atomic E-state index is 0.0249. The molecule has 4 rings (SSSR count). The van der Waals surface area contributed by atoms with Crippen LogP contribution in [0.5, 0.6) is 0 Å². The zero-order chi connectivity index (χ0) is 45.3. The van der Waals surface area contributed by atoms with Gasteiger partial charge in [-0.2, -0.15) is 0 Å². The Morgan fingerprint density at radius 3 is 1.92 bits per heavy atom. The molecule has 3 fully saturated rings. The third-order valence-electron chi connectivity index (χ3n) is 11.3. The molecule has 3 aliphatic rings. The van der Waals surface area contributed by atoms with E-state index in [1.807, 2.05) is 13.8 Å². The van der Waals surface area contributed by atoms with Gasteiger partial charge >= 0.3 is 5.97 Å². The molecule has 340 valence electrons. The summed E-state index contributed by atoms with van der Waals surface area (Å²) in [5, 5.41) is 26.1. The number of nitrogens with zero attached hydrogens (tertiary/aromatic N) is 2. The van der Waals surface area contributed by atoms with Crippen LogP contribution in [0.25, 0.3) is 0 Å². The van der Waals surface area contributed by atoms with Crippen LogP contribution in [0.2, 0.25) is 0 Å². The van der Waals surface area contributed by atoms with Crippen LogP contribution in [-0.4, -0.2) is 143 Å². The van der Waals surface area contributed by atoms with Crippen LogP contribution in [-0.2, 0) is 54.4 Å². The van der Waals surface area contributed by atoms with Gasteiger partial charge in [0.25, 0.3) is 5.91 Å². The summed E-state index contributed by atoms with van der Waals surface area (Å²) in [5.74, 6) is -6.55. The lowest BCUT2D eigenvalue weighted by Crippen LogP contribution is -2.59. The van der Waals surface area contributed by atoms with Gasteiger partial charge in [-0.1, -0.05) is 44.2 Å². The number of carbonyl (C=O) groups excluding carboxylic acids is 9. The highest BCUT2D eigenvalue weighted by Crippen LogP contribution is 2.23. The SMILES string of the molecule is CC(C)C[C@H](NC(=O)[C@H](CCCNC(=O)C=O)NC(=O)[C@@H]1CCCN1C(=O)[C@H](CCC(N)=O)NC(=O)[C@@H]1CCCN1)C(=O)N1CCC[C@H]1C(=O)N[C@@H](Cc1ccccc1)C(=O)O. The molecule has 1 aromatic rings. The second-order valence-electron chi connectivity index (χ2n) is 16.5. The molecule has 7 atom stereocenters. The molecule has 9 N–H and O–H groups in total. The average Bonchev–Trinajstić information content (AvgIpc) is 4.06. The molecule has 0 aliphatic carbocycles. The van der Waals surface area contributed by atoms with Crippen molar-refractivity contribution >= 4 is 59.5 Å². The van der Waals surface area contributed by atoms with E-state index in [0.717, 1.165) is 6.42 Å². The summed E-state index contributed by atoms with van der Waals surface area (Å²) in [6.07, 6.45) is 2.76. The number of rotatable bonds is 23. The Labute approximate surface area is 360 Å². The molecule has 0 bridgehead atoms. The van der Waals surface area contributed by atoms with E-state index >= 15 is 0 Å². The highest BCUT2D eigenvalue weighted by Gasteiger charge is 2.42. The first kappa shape index (κ1) is 48.7. The first-order valence-electron chi connectivity index (χ1n) is 21.4. The predicted octanol–water partition coefficient (Wildman–Crippen LogP) is -1.61. The Bertz CT molecular complexity index is 1790. The van der Waals surface area contributed by atoms with Crippen LogP contribution >= 0.6 is 0 Å². The normalized spacial score (nSPS) is 20.3. The summed E-state index contributed by atoms with van der Waals surface area (Å²) in [7, 11) is 0. The molecule has 20 nitrogen and oxygen atoms in total. The number of primary amides is 1. The number of likely N-dealkylation sites (tertiary alicyclic amines) is 2. The Morgan fingerprint density at radius 2 is 1.37 bits per heavy atom. The number of carboxylic acid groups (broad SMARTS) is 1. The van der Waals surface area contributed by atoms with Crippen molar-refractivity contribution in [2.24, 2.45) is 11.7 Å². The Hall–Kier alpha value is -5.92. The lowest BCUT2D eigenvalue weighted by atomic mass is 10.0. The molecule has 8 amide bonds. The van der Waals surface area contributed by atoms with Crippen LogP contribution in [0.1, 0.15) is 90.0 Å². The van der Waals surface area contributed by atoms with Gasteiger partial charge in [0.15, 0.2) is 0 Å². The van der Waals surface area contributed by atoms with E-state index in [2.05, 4.69) is 31.9 Å². The predicted molar refractivity (Wildman–Crippen MR) is 222 cm³/mol. The molecule has 0 aromatic heterocycles. The quantitative estimate of drug-likeness (QED) is 0.0351. The van der Waals surface area contributed by atoms with Crippen molar-refractivity contribution in [2.75, 3.05) is 26.2 Å². The van der Waals surface area contributed by atoms with Crippen molar-refractivity contribution < 1.29 is 53.1 Å². The van der Waals surface area contributed by atoms with Crippen LogP contribution in [0, 0.1) is 5.92 Å². The highest BCUT2D eigenvalue weighted by atomic mass is 16.4. The number of aldehydes is 1. The number of hydrogen-bond acceptors (Lipinski definition) is 11. The zero-order valence-electron chi connectivity index (χ0n) is 35.4. The fourth-order valence-electron chi connectivity index (χ4n) is 8.11. The molecule has 3 aliphatic heterocycles. The average molecular weight is 868 g/mol. The summed E-state index contributed by atoms with van der Waals surface area (Å²) >= 11 is 0. The number of nitrogens with one attached hydrogen (secondary N) is 6. The number of hydrogen-bond donors (Lipinski definition) is 8. The first-order chi connectivity index (χ1) is 29.6. The topological polar surface area (TPSA) is 296 Å². The number of benzene rings is 1. The molecule has 0 spiro atoms. The molecule has 0 unspecified atom stereocenters. The van der Waals surface area contributed by atoms with Crippen LogP contribution < -0.4 is 37.6 Å². The summed E-state index contributed by atoms with van der Waals surface area (Å²) in [5.41, 5.74) is 6.07. The van der Waals surface area contributed by atoms with Gasteiger partial charge in [-0.05, 0) is 82.2 Å². The zero-order valence-corrected chi connectivity index (χ0v) is 35.4. The number of nitrogens with two attached hydrogens (primary N) is 1. The molecule has 0 radical (unpaired) electrons. The maximum Gasteiger partial charge on any atom is 0.326 e. The third-order valence-corrected chi connectivity index (χ3v) is 11.3. The van der Waals surface area contributed by atoms with Gasteiger partial charge in [-0.25, -0.2) is 4.79 Å². The van der Waals surface area contributed by atoms with Gasteiger partial charge < -0.3 is 52.5 Å². The lowest BCUT2D eigenvalue weighted by Gasteiger charge is -2.32. The molecular weight excluding hydrogens is 807 g/mol. The van der Waals surface area contributed by atoms with Crippen molar-refractivity contribution in [3.63, 3.8) is 0 Å². The van der Waals surface area contributed by atoms with Crippen LogP contribution in [0.3, 0.4) is 0 Å². The maximum absolute atomic E-state index is 14.2. The van der Waals surface area contributed by atoms with Crippen molar-refractivity contribution in [1.82, 2.24) is 41.7 Å². The van der Waals surface area contributed by atoms with E-state index in [9.17, 15) is 53.1 Å². The summed E-state index contributed by atoms with van der Waals surface area (Å²) < 4.78 is 0. The van der Waals surface area contributed by atoms with Gasteiger partial charge in [-0.15, -0.1) is 0 Å². The largest absolute Gasteiger partial charge is 0.480 e. The Kier molecular flexibility index (Phi) is 18.8. The second-order valence-corrected chi connectivity index (χ2v) is 16.5. The second kappa shape index (κ2) is 23.9. The molecule has 3 heterocycles. The van der Waals surface area contributed by atoms with Gasteiger partial charge in [-0.3, -0.25) is 43.2 Å². The third kappa shape index (κ3) is 14.3. The molecule has 20 heteroatoms. The summed E-state index contributed by atoms with van der Waals surface area (Å²) in [6, 6.07) is 1.37. The van der Waals surface area contributed by atoms with Gasteiger partial charge in [0.2, 0.25) is 47.6 Å². The standard InChI is InChI=1S/C42H61N9O11/c1-25(2)22-30(41(60)51-21-9-15-33(51)39(58)49-31(42(61)62)23-26-10-4-3-5-11-26)48-37(56)28(13-7-19-45-35(54)24-52)46-38(57)32-14-8-20-50(32)40(59)29(16-17-34(43)53)47-36(55)27-12-6-18-44-27/h3-5,10-11,24-25,27-33,44H,6-9,12-23H2,1-2H3,(H2,43,53)(H,45,54)(H,46,57)(H,47,55)(H,48,56)(H,49,58)(H,61,62)/t27-,28-,29-,30-,31-,32-,33-/m0/s1. The van der Waals surface area contributed by atoms with Gasteiger partial charge in [0.05, 0.1) is 6.04 Å². The van der Waals surface area contributed by atoms with E-state index in [1.54, 1.807) is 30.3 Å². The minimum atomic E-state index is -1.29. The van der Waals surface area contributed by atoms with E-state index in [4.69, 9.17) is 5.73 Å². The fourth-order valence-corrected chi connectivity index (χ4v) is 8.11. The number of amides is 8. The monoisotopic (exact) mass is 867 g/mol. The summed E-state index contributed by atoms with van der Waals surface area (Å²) in [4.78, 5) is 132. The molecule has 1 aromatic carbocycles. The van der Waals surface area contributed by atoms with E-state index in [0.29, 0.717) is 31.4 Å². The van der Waals surface area contributed by atoms with Crippen LogP contribution in [0.4, 0.5) is 0 Å². The highest BCUT2D eigenvalue weighted by molar-refractivity contribution is 6.23. The van der Waals surface area contributed by atoms with Crippen molar-refractivity contribution in [3.05, 3.63) is 35.9 Å². The lowest BCUT2D eigenvalue weighted by molar-refractivity contribution is -0.145.